The van der Waals surface area contributed by atoms with Crippen LogP contribution in [0.1, 0.15) is 29.0 Å². The molecule has 0 aliphatic heterocycles. The van der Waals surface area contributed by atoms with Crippen molar-refractivity contribution in [3.8, 4) is 0 Å². The molecule has 3 rings (SSSR count). The van der Waals surface area contributed by atoms with E-state index in [1.54, 1.807) is 0 Å². The summed E-state index contributed by atoms with van der Waals surface area (Å²) in [4.78, 5) is 4.21. The molecule has 0 saturated heterocycles. The molecular formula is C16H14BrNO. The number of aromatic nitrogens is 1. The Balaban J connectivity index is 1.93. The van der Waals surface area contributed by atoms with Crippen LogP contribution in [-0.4, -0.2) is 4.98 Å². The van der Waals surface area contributed by atoms with Gasteiger partial charge in [0, 0.05) is 23.7 Å². The van der Waals surface area contributed by atoms with E-state index in [9.17, 15) is 0 Å². The van der Waals surface area contributed by atoms with Crippen molar-refractivity contribution in [1.29, 1.82) is 0 Å². The first kappa shape index (κ1) is 12.4. The molecule has 0 amide bonds. The molecule has 0 fully saturated rings. The van der Waals surface area contributed by atoms with E-state index in [1.165, 1.54) is 5.56 Å². The molecule has 96 valence electrons. The third-order valence-corrected chi connectivity index (χ3v) is 4.63. The fourth-order valence-electron chi connectivity index (χ4n) is 2.22. The summed E-state index contributed by atoms with van der Waals surface area (Å²) in [5, 5.41) is 1.14. The Morgan fingerprint density at radius 3 is 2.58 bits per heavy atom. The monoisotopic (exact) mass is 315 g/mol. The molecule has 19 heavy (non-hydrogen) atoms. The van der Waals surface area contributed by atoms with Crippen LogP contribution in [-0.2, 0) is 0 Å². The average molecular weight is 316 g/mol. The average Bonchev–Trinajstić information content (AvgIpc) is 2.90. The molecule has 0 aliphatic carbocycles. The Morgan fingerprint density at radius 1 is 1.11 bits per heavy atom. The van der Waals surface area contributed by atoms with E-state index < -0.39 is 0 Å². The summed E-state index contributed by atoms with van der Waals surface area (Å²) < 4.78 is 5.91. The highest BCUT2D eigenvalue weighted by atomic mass is 79.9. The van der Waals surface area contributed by atoms with E-state index in [0.717, 1.165) is 16.7 Å². The first-order chi connectivity index (χ1) is 9.25. The number of hydrogen-bond acceptors (Lipinski definition) is 2. The molecule has 2 heterocycles. The summed E-state index contributed by atoms with van der Waals surface area (Å²) in [5.41, 5.74) is 2.18. The molecule has 3 heteroatoms. The summed E-state index contributed by atoms with van der Waals surface area (Å²) in [6.07, 6.45) is 3.65. The van der Waals surface area contributed by atoms with Gasteiger partial charge in [0.15, 0.2) is 0 Å². The minimum Gasteiger partial charge on any atom is -0.460 e. The largest absolute Gasteiger partial charge is 0.460 e. The van der Waals surface area contributed by atoms with Crippen molar-refractivity contribution >= 4 is 26.9 Å². The molecule has 0 bridgehead atoms. The van der Waals surface area contributed by atoms with E-state index in [0.29, 0.717) is 5.92 Å². The van der Waals surface area contributed by atoms with Crippen LogP contribution in [0.3, 0.4) is 0 Å². The van der Waals surface area contributed by atoms with Gasteiger partial charge >= 0.3 is 0 Å². The number of furan rings is 1. The van der Waals surface area contributed by atoms with E-state index >= 15 is 0 Å². The Hall–Kier alpha value is -1.61. The maximum absolute atomic E-state index is 5.91. The molecule has 0 saturated carbocycles. The number of benzene rings is 1. The summed E-state index contributed by atoms with van der Waals surface area (Å²) in [5.74, 6) is 1.29. The standard InChI is InChI=1S/C16H14BrNO/c1-11(12-6-8-18-9-7-12)16(17)15-10-13-4-2-3-5-14(13)19-15/h2-11,16H,1H3. The summed E-state index contributed by atoms with van der Waals surface area (Å²) in [6, 6.07) is 14.3. The Labute approximate surface area is 120 Å². The predicted octanol–water partition coefficient (Wildman–Crippen LogP) is 5.07. The molecule has 2 aromatic heterocycles. The smallest absolute Gasteiger partial charge is 0.134 e. The van der Waals surface area contributed by atoms with Crippen LogP contribution in [0, 0.1) is 0 Å². The Morgan fingerprint density at radius 2 is 1.84 bits per heavy atom. The van der Waals surface area contributed by atoms with Crippen molar-refractivity contribution in [3.05, 3.63) is 66.2 Å². The zero-order valence-electron chi connectivity index (χ0n) is 10.6. The van der Waals surface area contributed by atoms with Gasteiger partial charge in [0.05, 0.1) is 4.83 Å². The van der Waals surface area contributed by atoms with Gasteiger partial charge in [0.25, 0.3) is 0 Å². The van der Waals surface area contributed by atoms with Gasteiger partial charge in [-0.1, -0.05) is 41.1 Å². The van der Waals surface area contributed by atoms with E-state index in [1.807, 2.05) is 42.7 Å². The number of para-hydroxylation sites is 1. The van der Waals surface area contributed by atoms with Crippen LogP contribution in [0.15, 0.2) is 59.3 Å². The molecule has 2 unspecified atom stereocenters. The lowest BCUT2D eigenvalue weighted by atomic mass is 9.97. The van der Waals surface area contributed by atoms with Crippen LogP contribution in [0.5, 0.6) is 0 Å². The lowest BCUT2D eigenvalue weighted by molar-refractivity contribution is 0.524. The second kappa shape index (κ2) is 5.17. The maximum atomic E-state index is 5.91. The van der Waals surface area contributed by atoms with E-state index in [2.05, 4.69) is 40.0 Å². The lowest BCUT2D eigenvalue weighted by Gasteiger charge is -2.16. The molecule has 3 aromatic rings. The SMILES string of the molecule is CC(c1ccncc1)C(Br)c1cc2ccccc2o1. The molecule has 0 spiro atoms. The number of fused-ring (bicyclic) bond motifs is 1. The van der Waals surface area contributed by atoms with Crippen LogP contribution in [0.4, 0.5) is 0 Å². The van der Waals surface area contributed by atoms with Crippen LogP contribution < -0.4 is 0 Å². The van der Waals surface area contributed by atoms with E-state index in [4.69, 9.17) is 4.42 Å². The first-order valence-electron chi connectivity index (χ1n) is 6.28. The quantitative estimate of drug-likeness (QED) is 0.631. The normalized spacial score (nSPS) is 14.4. The predicted molar refractivity (Wildman–Crippen MR) is 80.5 cm³/mol. The van der Waals surface area contributed by atoms with Crippen molar-refractivity contribution in [3.63, 3.8) is 0 Å². The van der Waals surface area contributed by atoms with Crippen molar-refractivity contribution in [2.75, 3.05) is 0 Å². The van der Waals surface area contributed by atoms with Crippen molar-refractivity contribution in [1.82, 2.24) is 4.98 Å². The molecular weight excluding hydrogens is 302 g/mol. The molecule has 0 N–H and O–H groups in total. The molecule has 2 nitrogen and oxygen atoms in total. The summed E-state index contributed by atoms with van der Waals surface area (Å²) in [6.45, 7) is 2.18. The minimum absolute atomic E-state index is 0.155. The third-order valence-electron chi connectivity index (χ3n) is 3.39. The van der Waals surface area contributed by atoms with Crippen molar-refractivity contribution < 1.29 is 4.42 Å². The molecule has 0 radical (unpaired) electrons. The lowest BCUT2D eigenvalue weighted by Crippen LogP contribution is -2.01. The van der Waals surface area contributed by atoms with E-state index in [-0.39, 0.29) is 4.83 Å². The fraction of sp³-hybridized carbons (Fsp3) is 0.188. The number of hydrogen-bond donors (Lipinski definition) is 0. The number of alkyl halides is 1. The Bertz CT molecular complexity index is 644. The van der Waals surface area contributed by atoms with Gasteiger partial charge in [0.2, 0.25) is 0 Å². The van der Waals surface area contributed by atoms with Gasteiger partial charge < -0.3 is 4.42 Å². The molecule has 1 aromatic carbocycles. The highest BCUT2D eigenvalue weighted by molar-refractivity contribution is 9.09. The van der Waals surface area contributed by atoms with Crippen molar-refractivity contribution in [2.24, 2.45) is 0 Å². The number of halogens is 1. The maximum Gasteiger partial charge on any atom is 0.134 e. The number of pyridine rings is 1. The van der Waals surface area contributed by atoms with Gasteiger partial charge in [-0.15, -0.1) is 0 Å². The minimum atomic E-state index is 0.155. The third kappa shape index (κ3) is 2.43. The highest BCUT2D eigenvalue weighted by Gasteiger charge is 2.21. The zero-order chi connectivity index (χ0) is 13.2. The second-order valence-electron chi connectivity index (χ2n) is 4.66. The highest BCUT2D eigenvalue weighted by Crippen LogP contribution is 2.39. The fourth-order valence-corrected chi connectivity index (χ4v) is 2.75. The Kier molecular flexibility index (Phi) is 3.38. The zero-order valence-corrected chi connectivity index (χ0v) is 12.2. The van der Waals surface area contributed by atoms with Gasteiger partial charge in [-0.05, 0) is 29.8 Å². The van der Waals surface area contributed by atoms with Crippen LogP contribution in [0.2, 0.25) is 0 Å². The van der Waals surface area contributed by atoms with Crippen LogP contribution >= 0.6 is 15.9 Å². The van der Waals surface area contributed by atoms with Crippen LogP contribution in [0.25, 0.3) is 11.0 Å². The van der Waals surface area contributed by atoms with Crippen molar-refractivity contribution in [2.45, 2.75) is 17.7 Å². The summed E-state index contributed by atoms with van der Waals surface area (Å²) >= 11 is 3.75. The van der Waals surface area contributed by atoms with Gasteiger partial charge in [-0.3, -0.25) is 4.98 Å². The topological polar surface area (TPSA) is 26.0 Å². The van der Waals surface area contributed by atoms with Gasteiger partial charge in [-0.25, -0.2) is 0 Å². The molecule has 2 atom stereocenters. The second-order valence-corrected chi connectivity index (χ2v) is 5.64. The van der Waals surface area contributed by atoms with Gasteiger partial charge in [0.1, 0.15) is 11.3 Å². The summed E-state index contributed by atoms with van der Waals surface area (Å²) in [7, 11) is 0. The number of rotatable bonds is 3. The molecule has 0 aliphatic rings. The number of nitrogens with zero attached hydrogens (tertiary/aromatic N) is 1. The first-order valence-corrected chi connectivity index (χ1v) is 7.20. The van der Waals surface area contributed by atoms with Gasteiger partial charge in [-0.2, -0.15) is 0 Å².